The van der Waals surface area contributed by atoms with Crippen molar-refractivity contribution in [1.82, 2.24) is 5.32 Å². The van der Waals surface area contributed by atoms with Crippen molar-refractivity contribution in [1.29, 1.82) is 0 Å². The lowest BCUT2D eigenvalue weighted by Crippen LogP contribution is -2.38. The molecule has 1 aromatic rings. The van der Waals surface area contributed by atoms with Gasteiger partial charge in [-0.25, -0.2) is 0 Å². The number of nitrogens with zero attached hydrogens (tertiary/aromatic N) is 1. The summed E-state index contributed by atoms with van der Waals surface area (Å²) in [5, 5.41) is 3.50. The number of nitrogens with one attached hydrogen (secondary N) is 1. The number of carbonyl (C=O) groups excluding carboxylic acids is 1. The molecule has 23 heavy (non-hydrogen) atoms. The molecule has 0 radical (unpaired) electrons. The maximum absolute atomic E-state index is 11.1. The normalized spacial score (nSPS) is 21.0. The van der Waals surface area contributed by atoms with Gasteiger partial charge >= 0.3 is 0 Å². The molecule has 1 heterocycles. The number of allylic oxidation sites excluding steroid dienone is 1. The molecule has 0 fully saturated rings. The van der Waals surface area contributed by atoms with Crippen molar-refractivity contribution in [3.05, 3.63) is 41.2 Å². The largest absolute Gasteiger partial charge is 0.401 e. The minimum atomic E-state index is 0.186. The van der Waals surface area contributed by atoms with Crippen LogP contribution in [-0.4, -0.2) is 19.9 Å². The molecular formula is C19H29N3O. The van der Waals surface area contributed by atoms with E-state index in [1.54, 1.807) is 0 Å². The fourth-order valence-electron chi connectivity index (χ4n) is 3.29. The Morgan fingerprint density at radius 2 is 2.22 bits per heavy atom. The highest BCUT2D eigenvalue weighted by Crippen LogP contribution is 2.36. The fraction of sp³-hybridized carbons (Fsp3) is 0.526. The molecule has 126 valence electrons. The predicted octanol–water partition coefficient (Wildman–Crippen LogP) is 3.60. The number of carbonyl (C=O) groups is 1. The molecule has 0 amide bonds. The highest BCUT2D eigenvalue weighted by Gasteiger charge is 2.28. The van der Waals surface area contributed by atoms with Crippen molar-refractivity contribution in [2.75, 3.05) is 18.5 Å². The van der Waals surface area contributed by atoms with Crippen molar-refractivity contribution in [2.45, 2.75) is 45.6 Å². The summed E-state index contributed by atoms with van der Waals surface area (Å²) in [6.07, 6.45) is 7.35. The Balaban J connectivity index is 2.16. The van der Waals surface area contributed by atoms with Gasteiger partial charge in [0.2, 0.25) is 0 Å². The quantitative estimate of drug-likeness (QED) is 0.596. The third kappa shape index (κ3) is 4.27. The van der Waals surface area contributed by atoms with E-state index in [4.69, 9.17) is 5.73 Å². The molecule has 0 saturated heterocycles. The van der Waals surface area contributed by atoms with Gasteiger partial charge in [0.15, 0.2) is 0 Å². The van der Waals surface area contributed by atoms with Crippen LogP contribution < -0.4 is 16.0 Å². The van der Waals surface area contributed by atoms with E-state index in [0.29, 0.717) is 5.92 Å². The Hall–Kier alpha value is -1.97. The van der Waals surface area contributed by atoms with Gasteiger partial charge < -0.3 is 16.0 Å². The van der Waals surface area contributed by atoms with Gasteiger partial charge in [-0.05, 0) is 42.5 Å². The van der Waals surface area contributed by atoms with Crippen LogP contribution in [0.1, 0.15) is 61.5 Å². The van der Waals surface area contributed by atoms with E-state index in [9.17, 15) is 4.79 Å². The van der Waals surface area contributed by atoms with Crippen molar-refractivity contribution in [3.63, 3.8) is 0 Å². The molecule has 1 aliphatic heterocycles. The average Bonchev–Trinajstić information content (AvgIpc) is 2.54. The van der Waals surface area contributed by atoms with Gasteiger partial charge in [-0.1, -0.05) is 26.7 Å². The van der Waals surface area contributed by atoms with E-state index in [0.717, 1.165) is 36.9 Å². The molecule has 2 rings (SSSR count). The molecule has 4 heteroatoms. The molecule has 0 aliphatic carbocycles. The highest BCUT2D eigenvalue weighted by molar-refractivity contribution is 5.77. The lowest BCUT2D eigenvalue weighted by atomic mass is 9.87. The van der Waals surface area contributed by atoms with Crippen molar-refractivity contribution >= 4 is 12.0 Å². The zero-order chi connectivity index (χ0) is 16.8. The van der Waals surface area contributed by atoms with Gasteiger partial charge in [0.25, 0.3) is 0 Å². The number of anilines is 1. The Bertz CT molecular complexity index is 568. The van der Waals surface area contributed by atoms with Crippen LogP contribution in [0.25, 0.3) is 0 Å². The van der Waals surface area contributed by atoms with Crippen LogP contribution >= 0.6 is 0 Å². The number of fused-ring (bicyclic) bond motifs is 1. The van der Waals surface area contributed by atoms with Gasteiger partial charge in [0.05, 0.1) is 6.04 Å². The first-order valence-electron chi connectivity index (χ1n) is 8.57. The number of hydrogen-bond acceptors (Lipinski definition) is 4. The van der Waals surface area contributed by atoms with Crippen molar-refractivity contribution < 1.29 is 4.79 Å². The zero-order valence-corrected chi connectivity index (χ0v) is 14.5. The Kier molecular flexibility index (Phi) is 6.08. The summed E-state index contributed by atoms with van der Waals surface area (Å²) < 4.78 is 0. The minimum absolute atomic E-state index is 0.186. The van der Waals surface area contributed by atoms with Crippen LogP contribution in [0.15, 0.2) is 30.1 Å². The Morgan fingerprint density at radius 1 is 1.43 bits per heavy atom. The zero-order valence-electron chi connectivity index (χ0n) is 14.5. The topological polar surface area (TPSA) is 58.4 Å². The van der Waals surface area contributed by atoms with Gasteiger partial charge in [-0.2, -0.15) is 0 Å². The lowest BCUT2D eigenvalue weighted by molar-refractivity contribution is 0.112. The van der Waals surface area contributed by atoms with E-state index in [1.807, 2.05) is 24.4 Å². The third-order valence-corrected chi connectivity index (χ3v) is 4.58. The van der Waals surface area contributed by atoms with Crippen LogP contribution in [0.2, 0.25) is 0 Å². The van der Waals surface area contributed by atoms with E-state index in [1.165, 1.54) is 24.1 Å². The summed E-state index contributed by atoms with van der Waals surface area (Å²) in [6.45, 7) is 5.40. The van der Waals surface area contributed by atoms with E-state index in [-0.39, 0.29) is 6.04 Å². The summed E-state index contributed by atoms with van der Waals surface area (Å²) in [4.78, 5) is 13.4. The van der Waals surface area contributed by atoms with E-state index in [2.05, 4.69) is 31.1 Å². The second kappa shape index (κ2) is 8.04. The number of nitrogens with two attached hydrogens (primary N) is 1. The second-order valence-electron chi connectivity index (χ2n) is 6.61. The first-order chi connectivity index (χ1) is 11.1. The number of unbranched alkanes of at least 4 members (excludes halogenated alkanes) is 2. The fourth-order valence-corrected chi connectivity index (χ4v) is 3.29. The molecular weight excluding hydrogens is 286 g/mol. The summed E-state index contributed by atoms with van der Waals surface area (Å²) in [5.41, 5.74) is 10.1. The lowest BCUT2D eigenvalue weighted by Gasteiger charge is -2.38. The SMILES string of the molecule is CCCCC/C(N)=C/NC1c2cc(C=O)ccc2N(C)C[C@H]1C. The molecule has 1 unspecified atom stereocenters. The van der Waals surface area contributed by atoms with Gasteiger partial charge in [-0.3, -0.25) is 4.79 Å². The Morgan fingerprint density at radius 3 is 2.91 bits per heavy atom. The number of aldehydes is 1. The molecule has 1 aliphatic rings. The van der Waals surface area contributed by atoms with Crippen molar-refractivity contribution in [3.8, 4) is 0 Å². The number of benzene rings is 1. The smallest absolute Gasteiger partial charge is 0.150 e. The van der Waals surface area contributed by atoms with Crippen LogP contribution in [0.5, 0.6) is 0 Å². The van der Waals surface area contributed by atoms with E-state index < -0.39 is 0 Å². The molecule has 0 aromatic heterocycles. The van der Waals surface area contributed by atoms with Crippen molar-refractivity contribution in [2.24, 2.45) is 11.7 Å². The molecule has 2 atom stereocenters. The average molecular weight is 315 g/mol. The number of rotatable bonds is 7. The molecule has 3 N–H and O–H groups in total. The summed E-state index contributed by atoms with van der Waals surface area (Å²) in [5.74, 6) is 0.439. The molecule has 0 bridgehead atoms. The summed E-state index contributed by atoms with van der Waals surface area (Å²) >= 11 is 0. The molecule has 0 spiro atoms. The van der Waals surface area contributed by atoms with Crippen LogP contribution in [-0.2, 0) is 0 Å². The van der Waals surface area contributed by atoms with Crippen LogP contribution in [0.4, 0.5) is 5.69 Å². The number of hydrogen-bond donors (Lipinski definition) is 2. The molecule has 4 nitrogen and oxygen atoms in total. The molecule has 1 aromatic carbocycles. The van der Waals surface area contributed by atoms with E-state index >= 15 is 0 Å². The molecule has 0 saturated carbocycles. The van der Waals surface area contributed by atoms with Gasteiger partial charge in [0, 0.05) is 36.7 Å². The maximum Gasteiger partial charge on any atom is 0.150 e. The van der Waals surface area contributed by atoms with Gasteiger partial charge in [0.1, 0.15) is 6.29 Å². The highest BCUT2D eigenvalue weighted by atomic mass is 16.1. The Labute approximate surface area is 139 Å². The summed E-state index contributed by atoms with van der Waals surface area (Å²) in [6, 6.07) is 6.09. The van der Waals surface area contributed by atoms with Gasteiger partial charge in [-0.15, -0.1) is 0 Å². The minimum Gasteiger partial charge on any atom is -0.401 e. The van der Waals surface area contributed by atoms with Crippen LogP contribution in [0, 0.1) is 5.92 Å². The predicted molar refractivity (Wildman–Crippen MR) is 96.6 cm³/mol. The monoisotopic (exact) mass is 315 g/mol. The standard InChI is InChI=1S/C19H29N3O/c1-4-5-6-7-16(20)11-21-19-14(2)12-22(3)18-9-8-15(13-23)10-17(18)19/h8-11,13-14,19,21H,4-7,12,20H2,1-3H3/b16-11-/t14-,19?/m1/s1. The summed E-state index contributed by atoms with van der Waals surface area (Å²) in [7, 11) is 2.10. The van der Waals surface area contributed by atoms with Crippen LogP contribution in [0.3, 0.4) is 0 Å². The first kappa shape index (κ1) is 17.4. The third-order valence-electron chi connectivity index (χ3n) is 4.58. The maximum atomic E-state index is 11.1. The second-order valence-corrected chi connectivity index (χ2v) is 6.61. The first-order valence-corrected chi connectivity index (χ1v) is 8.57.